The number of nitrogens with zero attached hydrogens (tertiary/aromatic N) is 1. The molecular formula is C16H23N3O4. The van der Waals surface area contributed by atoms with E-state index in [1.165, 1.54) is 0 Å². The highest BCUT2D eigenvalue weighted by atomic mass is 16.7. The summed E-state index contributed by atoms with van der Waals surface area (Å²) in [5, 5.41) is 6.52. The number of fused-ring (bicyclic) bond motifs is 1. The van der Waals surface area contributed by atoms with E-state index in [1.807, 2.05) is 25.1 Å². The van der Waals surface area contributed by atoms with E-state index in [4.69, 9.17) is 18.9 Å². The highest BCUT2D eigenvalue weighted by Crippen LogP contribution is 2.32. The van der Waals surface area contributed by atoms with Gasteiger partial charge in [0.05, 0.1) is 32.5 Å². The second kappa shape index (κ2) is 8.03. The molecule has 1 atom stereocenters. The number of nitrogens with one attached hydrogen (secondary N) is 2. The van der Waals surface area contributed by atoms with Crippen molar-refractivity contribution in [1.29, 1.82) is 0 Å². The lowest BCUT2D eigenvalue weighted by Crippen LogP contribution is -2.44. The first kappa shape index (κ1) is 15.9. The van der Waals surface area contributed by atoms with Gasteiger partial charge in [-0.05, 0) is 24.6 Å². The fraction of sp³-hybridized carbons (Fsp3) is 0.562. The van der Waals surface area contributed by atoms with E-state index >= 15 is 0 Å². The highest BCUT2D eigenvalue weighted by molar-refractivity contribution is 5.79. The molecule has 23 heavy (non-hydrogen) atoms. The summed E-state index contributed by atoms with van der Waals surface area (Å²) >= 11 is 0. The van der Waals surface area contributed by atoms with Gasteiger partial charge < -0.3 is 29.6 Å². The molecule has 3 rings (SSSR count). The predicted molar refractivity (Wildman–Crippen MR) is 85.9 cm³/mol. The molecule has 1 saturated heterocycles. The van der Waals surface area contributed by atoms with Crippen LogP contribution in [-0.2, 0) is 16.0 Å². The molecule has 0 saturated carbocycles. The second-order valence-electron chi connectivity index (χ2n) is 5.33. The minimum atomic E-state index is 0.0677. The molecule has 1 aromatic carbocycles. The largest absolute Gasteiger partial charge is 0.454 e. The van der Waals surface area contributed by atoms with Gasteiger partial charge in [-0.2, -0.15) is 0 Å². The topological polar surface area (TPSA) is 73.3 Å². The Hall–Kier alpha value is -1.99. The Morgan fingerprint density at radius 2 is 2.13 bits per heavy atom. The molecule has 2 heterocycles. The molecule has 1 fully saturated rings. The van der Waals surface area contributed by atoms with Crippen molar-refractivity contribution in [3.8, 4) is 11.5 Å². The van der Waals surface area contributed by atoms with Crippen LogP contribution in [0.2, 0.25) is 0 Å². The Morgan fingerprint density at radius 3 is 2.96 bits per heavy atom. The van der Waals surface area contributed by atoms with Gasteiger partial charge in [-0.3, -0.25) is 0 Å². The lowest BCUT2D eigenvalue weighted by Gasteiger charge is -2.24. The fourth-order valence-electron chi connectivity index (χ4n) is 2.42. The summed E-state index contributed by atoms with van der Waals surface area (Å²) in [4.78, 5) is 4.60. The molecule has 7 nitrogen and oxygen atoms in total. The van der Waals surface area contributed by atoms with E-state index < -0.39 is 0 Å². The third-order valence-electron chi connectivity index (χ3n) is 3.58. The van der Waals surface area contributed by atoms with E-state index in [-0.39, 0.29) is 12.9 Å². The molecule has 0 amide bonds. The molecular weight excluding hydrogens is 298 g/mol. The lowest BCUT2D eigenvalue weighted by atomic mass is 10.2. The zero-order chi connectivity index (χ0) is 15.9. The van der Waals surface area contributed by atoms with E-state index in [0.29, 0.717) is 32.9 Å². The summed E-state index contributed by atoms with van der Waals surface area (Å²) in [5.41, 5.74) is 1.07. The molecule has 0 aliphatic carbocycles. The highest BCUT2D eigenvalue weighted by Gasteiger charge is 2.15. The van der Waals surface area contributed by atoms with Gasteiger partial charge in [-0.25, -0.2) is 4.99 Å². The fourth-order valence-corrected chi connectivity index (χ4v) is 2.42. The molecule has 2 N–H and O–H groups in total. The molecule has 126 valence electrons. The standard InChI is InChI=1S/C16H23N3O4/c1-2-17-16(19-9-13-10-20-5-6-21-13)18-8-12-3-4-14-15(7-12)23-11-22-14/h3-4,7,13H,2,5-6,8-11H2,1H3,(H2,17,18,19). The van der Waals surface area contributed by atoms with Crippen molar-refractivity contribution in [2.75, 3.05) is 39.7 Å². The number of rotatable bonds is 5. The Morgan fingerprint density at radius 1 is 1.22 bits per heavy atom. The van der Waals surface area contributed by atoms with E-state index in [1.54, 1.807) is 0 Å². The summed E-state index contributed by atoms with van der Waals surface area (Å²) in [6.45, 7) is 6.31. The Kier molecular flexibility index (Phi) is 5.55. The summed E-state index contributed by atoms with van der Waals surface area (Å²) in [6, 6.07) is 5.88. The van der Waals surface area contributed by atoms with Gasteiger partial charge in [0, 0.05) is 13.1 Å². The van der Waals surface area contributed by atoms with Crippen molar-refractivity contribution < 1.29 is 18.9 Å². The van der Waals surface area contributed by atoms with Gasteiger partial charge in [0.25, 0.3) is 0 Å². The van der Waals surface area contributed by atoms with Gasteiger partial charge in [-0.1, -0.05) is 6.07 Å². The maximum atomic E-state index is 5.62. The molecule has 1 aromatic rings. The summed E-state index contributed by atoms with van der Waals surface area (Å²) in [6.07, 6.45) is 0.0677. The second-order valence-corrected chi connectivity index (χ2v) is 5.33. The third kappa shape index (κ3) is 4.49. The number of hydrogen-bond acceptors (Lipinski definition) is 5. The minimum absolute atomic E-state index is 0.0677. The molecule has 0 spiro atoms. The molecule has 7 heteroatoms. The minimum Gasteiger partial charge on any atom is -0.454 e. The Balaban J connectivity index is 1.55. The zero-order valence-electron chi connectivity index (χ0n) is 13.3. The van der Waals surface area contributed by atoms with E-state index in [9.17, 15) is 0 Å². The zero-order valence-corrected chi connectivity index (χ0v) is 13.3. The van der Waals surface area contributed by atoms with Crippen molar-refractivity contribution in [1.82, 2.24) is 10.6 Å². The monoisotopic (exact) mass is 321 g/mol. The first-order valence-corrected chi connectivity index (χ1v) is 7.95. The van der Waals surface area contributed by atoms with Crippen LogP contribution in [0.5, 0.6) is 11.5 Å². The number of guanidine groups is 1. The van der Waals surface area contributed by atoms with Gasteiger partial charge >= 0.3 is 0 Å². The van der Waals surface area contributed by atoms with Gasteiger partial charge in [0.15, 0.2) is 17.5 Å². The molecule has 2 aliphatic heterocycles. The van der Waals surface area contributed by atoms with Crippen LogP contribution >= 0.6 is 0 Å². The van der Waals surface area contributed by atoms with Crippen LogP contribution in [0.4, 0.5) is 0 Å². The van der Waals surface area contributed by atoms with Crippen LogP contribution in [0.1, 0.15) is 12.5 Å². The summed E-state index contributed by atoms with van der Waals surface area (Å²) in [5.74, 6) is 2.33. The quantitative estimate of drug-likeness (QED) is 0.620. The number of hydrogen-bond donors (Lipinski definition) is 2. The van der Waals surface area contributed by atoms with Crippen LogP contribution in [0.3, 0.4) is 0 Å². The van der Waals surface area contributed by atoms with Crippen molar-refractivity contribution in [2.45, 2.75) is 19.6 Å². The maximum absolute atomic E-state index is 5.62. The SMILES string of the molecule is CCNC(=NCc1ccc2c(c1)OCO2)NCC1COCCO1. The van der Waals surface area contributed by atoms with Crippen LogP contribution in [-0.4, -0.2) is 51.8 Å². The van der Waals surface area contributed by atoms with Crippen molar-refractivity contribution >= 4 is 5.96 Å². The number of benzene rings is 1. The average Bonchev–Trinajstić information content (AvgIpc) is 3.06. The van der Waals surface area contributed by atoms with Crippen LogP contribution in [0.15, 0.2) is 23.2 Å². The molecule has 0 aromatic heterocycles. The first-order chi connectivity index (χ1) is 11.3. The third-order valence-corrected chi connectivity index (χ3v) is 3.58. The molecule has 0 radical (unpaired) electrons. The first-order valence-electron chi connectivity index (χ1n) is 7.95. The van der Waals surface area contributed by atoms with Crippen LogP contribution in [0.25, 0.3) is 0 Å². The molecule has 1 unspecified atom stereocenters. The maximum Gasteiger partial charge on any atom is 0.231 e. The average molecular weight is 321 g/mol. The van der Waals surface area contributed by atoms with Gasteiger partial charge in [0.1, 0.15) is 0 Å². The van der Waals surface area contributed by atoms with E-state index in [0.717, 1.165) is 29.6 Å². The molecule has 0 bridgehead atoms. The summed E-state index contributed by atoms with van der Waals surface area (Å²) < 4.78 is 21.7. The number of ether oxygens (including phenoxy) is 4. The Labute approximate surface area is 136 Å². The van der Waals surface area contributed by atoms with Gasteiger partial charge in [0.2, 0.25) is 6.79 Å². The van der Waals surface area contributed by atoms with Crippen molar-refractivity contribution in [3.63, 3.8) is 0 Å². The number of aliphatic imine (C=N–C) groups is 1. The van der Waals surface area contributed by atoms with Crippen molar-refractivity contribution in [3.05, 3.63) is 23.8 Å². The summed E-state index contributed by atoms with van der Waals surface area (Å²) in [7, 11) is 0. The van der Waals surface area contributed by atoms with Crippen LogP contribution in [0, 0.1) is 0 Å². The predicted octanol–water partition coefficient (Wildman–Crippen LogP) is 0.886. The molecule has 2 aliphatic rings. The van der Waals surface area contributed by atoms with Crippen molar-refractivity contribution in [2.24, 2.45) is 4.99 Å². The Bertz CT molecular complexity index is 544. The van der Waals surface area contributed by atoms with E-state index in [2.05, 4.69) is 15.6 Å². The normalized spacial score (nSPS) is 20.4. The van der Waals surface area contributed by atoms with Crippen LogP contribution < -0.4 is 20.1 Å². The lowest BCUT2D eigenvalue weighted by molar-refractivity contribution is -0.0850. The van der Waals surface area contributed by atoms with Gasteiger partial charge in [-0.15, -0.1) is 0 Å². The smallest absolute Gasteiger partial charge is 0.231 e.